The second-order valence-corrected chi connectivity index (χ2v) is 6.85. The van der Waals surface area contributed by atoms with Gasteiger partial charge in [0.1, 0.15) is 5.82 Å². The number of nitrogens with zero attached hydrogens (tertiary/aromatic N) is 3. The van der Waals surface area contributed by atoms with E-state index in [0.29, 0.717) is 25.7 Å². The average Bonchev–Trinajstić information content (AvgIpc) is 2.74. The van der Waals surface area contributed by atoms with E-state index < -0.39 is 0 Å². The van der Waals surface area contributed by atoms with Crippen molar-refractivity contribution in [2.75, 3.05) is 30.0 Å². The number of anilines is 2. The maximum absolute atomic E-state index is 5.94. The van der Waals surface area contributed by atoms with Crippen LogP contribution in [0.15, 0.2) is 66.9 Å². The van der Waals surface area contributed by atoms with E-state index >= 15 is 0 Å². The van der Waals surface area contributed by atoms with E-state index in [1.165, 1.54) is 5.56 Å². The predicted molar refractivity (Wildman–Crippen MR) is 108 cm³/mol. The molecule has 1 saturated heterocycles. The lowest BCUT2D eigenvalue weighted by Gasteiger charge is -2.36. The Morgan fingerprint density at radius 3 is 2.70 bits per heavy atom. The fourth-order valence-electron chi connectivity index (χ4n) is 3.21. The first-order valence-electron chi connectivity index (χ1n) is 9.00. The zero-order chi connectivity index (χ0) is 18.5. The SMILES string of the molecule is Clc1ccc(CNc2nccc(N3CCOCC3c3ccccc3)n2)cc1. The van der Waals surface area contributed by atoms with Crippen molar-refractivity contribution in [1.29, 1.82) is 0 Å². The Balaban J connectivity index is 1.51. The van der Waals surface area contributed by atoms with Gasteiger partial charge in [-0.15, -0.1) is 0 Å². The van der Waals surface area contributed by atoms with E-state index in [0.717, 1.165) is 22.9 Å². The van der Waals surface area contributed by atoms with E-state index in [1.54, 1.807) is 6.20 Å². The summed E-state index contributed by atoms with van der Waals surface area (Å²) in [5, 5.41) is 4.02. The quantitative estimate of drug-likeness (QED) is 0.714. The highest BCUT2D eigenvalue weighted by Crippen LogP contribution is 2.28. The summed E-state index contributed by atoms with van der Waals surface area (Å²) in [6.07, 6.45) is 1.80. The number of hydrogen-bond acceptors (Lipinski definition) is 5. The fourth-order valence-corrected chi connectivity index (χ4v) is 3.33. The number of nitrogens with one attached hydrogen (secondary N) is 1. The van der Waals surface area contributed by atoms with Crippen LogP contribution in [0.1, 0.15) is 17.2 Å². The van der Waals surface area contributed by atoms with Crippen molar-refractivity contribution in [2.24, 2.45) is 0 Å². The van der Waals surface area contributed by atoms with Crippen LogP contribution in [-0.4, -0.2) is 29.7 Å². The molecule has 0 saturated carbocycles. The molecule has 1 unspecified atom stereocenters. The molecule has 3 aromatic rings. The molecule has 1 aliphatic rings. The van der Waals surface area contributed by atoms with Crippen LogP contribution in [0.25, 0.3) is 0 Å². The first-order valence-corrected chi connectivity index (χ1v) is 9.38. The van der Waals surface area contributed by atoms with Crippen LogP contribution in [0.2, 0.25) is 5.02 Å². The highest BCUT2D eigenvalue weighted by atomic mass is 35.5. The number of morpholine rings is 1. The van der Waals surface area contributed by atoms with E-state index in [9.17, 15) is 0 Å². The smallest absolute Gasteiger partial charge is 0.224 e. The summed E-state index contributed by atoms with van der Waals surface area (Å²) in [6.45, 7) is 2.79. The lowest BCUT2D eigenvalue weighted by Crippen LogP contribution is -2.40. The maximum Gasteiger partial charge on any atom is 0.224 e. The van der Waals surface area contributed by atoms with Gasteiger partial charge in [-0.3, -0.25) is 0 Å². The summed E-state index contributed by atoms with van der Waals surface area (Å²) >= 11 is 5.94. The van der Waals surface area contributed by atoms with Gasteiger partial charge < -0.3 is 15.0 Å². The Morgan fingerprint density at radius 1 is 1.07 bits per heavy atom. The van der Waals surface area contributed by atoms with Crippen LogP contribution >= 0.6 is 11.6 Å². The molecule has 1 aliphatic heterocycles. The van der Waals surface area contributed by atoms with Gasteiger partial charge in [-0.25, -0.2) is 4.98 Å². The molecule has 2 heterocycles. The first kappa shape index (κ1) is 17.8. The molecule has 2 aromatic carbocycles. The summed E-state index contributed by atoms with van der Waals surface area (Å²) in [5.41, 5.74) is 2.36. The van der Waals surface area contributed by atoms with E-state index in [2.05, 4.69) is 39.5 Å². The Kier molecular flexibility index (Phi) is 5.51. The van der Waals surface area contributed by atoms with Gasteiger partial charge in [0, 0.05) is 24.3 Å². The summed E-state index contributed by atoms with van der Waals surface area (Å²) in [7, 11) is 0. The van der Waals surface area contributed by atoms with Gasteiger partial charge in [-0.1, -0.05) is 54.1 Å². The topological polar surface area (TPSA) is 50.3 Å². The third kappa shape index (κ3) is 4.38. The van der Waals surface area contributed by atoms with Crippen LogP contribution in [0, 0.1) is 0 Å². The monoisotopic (exact) mass is 380 g/mol. The van der Waals surface area contributed by atoms with Crippen molar-refractivity contribution in [3.8, 4) is 0 Å². The van der Waals surface area contributed by atoms with Gasteiger partial charge in [0.2, 0.25) is 5.95 Å². The van der Waals surface area contributed by atoms with Crippen molar-refractivity contribution >= 4 is 23.4 Å². The average molecular weight is 381 g/mol. The van der Waals surface area contributed by atoms with E-state index in [1.807, 2.05) is 36.4 Å². The standard InChI is InChI=1S/C21H21ClN4O/c22-18-8-6-16(7-9-18)14-24-21-23-11-10-20(25-21)26-12-13-27-15-19(26)17-4-2-1-3-5-17/h1-11,19H,12-15H2,(H,23,24,25). The number of halogens is 1. The summed E-state index contributed by atoms with van der Waals surface area (Å²) in [6, 6.07) is 20.3. The van der Waals surface area contributed by atoms with Crippen molar-refractivity contribution in [1.82, 2.24) is 9.97 Å². The first-order chi connectivity index (χ1) is 13.3. The number of benzene rings is 2. The van der Waals surface area contributed by atoms with Gasteiger partial charge >= 0.3 is 0 Å². The zero-order valence-corrected chi connectivity index (χ0v) is 15.6. The van der Waals surface area contributed by atoms with Gasteiger partial charge in [0.15, 0.2) is 0 Å². The molecule has 0 radical (unpaired) electrons. The summed E-state index contributed by atoms with van der Waals surface area (Å²) < 4.78 is 5.72. The Morgan fingerprint density at radius 2 is 1.89 bits per heavy atom. The Labute approximate surface area is 164 Å². The highest BCUT2D eigenvalue weighted by Gasteiger charge is 2.25. The van der Waals surface area contributed by atoms with Crippen LogP contribution in [0.3, 0.4) is 0 Å². The summed E-state index contributed by atoms with van der Waals surface area (Å²) in [5.74, 6) is 1.52. The zero-order valence-electron chi connectivity index (χ0n) is 14.9. The van der Waals surface area contributed by atoms with Gasteiger partial charge in [-0.2, -0.15) is 4.98 Å². The second-order valence-electron chi connectivity index (χ2n) is 6.41. The summed E-state index contributed by atoms with van der Waals surface area (Å²) in [4.78, 5) is 11.4. The molecule has 138 valence electrons. The lowest BCUT2D eigenvalue weighted by molar-refractivity contribution is 0.0937. The maximum atomic E-state index is 5.94. The predicted octanol–water partition coefficient (Wildman–Crippen LogP) is 4.32. The molecular weight excluding hydrogens is 360 g/mol. The molecule has 1 fully saturated rings. The molecule has 0 bridgehead atoms. The van der Waals surface area contributed by atoms with Gasteiger partial charge in [-0.05, 0) is 29.3 Å². The minimum Gasteiger partial charge on any atom is -0.377 e. The number of aromatic nitrogens is 2. The minimum absolute atomic E-state index is 0.152. The molecule has 0 spiro atoms. The Hall–Kier alpha value is -2.63. The normalized spacial score (nSPS) is 16.9. The fraction of sp³-hybridized carbons (Fsp3) is 0.238. The molecule has 5 nitrogen and oxygen atoms in total. The molecule has 1 aromatic heterocycles. The third-order valence-corrected chi connectivity index (χ3v) is 4.86. The molecule has 6 heteroatoms. The van der Waals surface area contributed by atoms with Crippen LogP contribution in [0.4, 0.5) is 11.8 Å². The van der Waals surface area contributed by atoms with Gasteiger partial charge in [0.25, 0.3) is 0 Å². The molecule has 0 aliphatic carbocycles. The van der Waals surface area contributed by atoms with Crippen LogP contribution in [-0.2, 0) is 11.3 Å². The largest absolute Gasteiger partial charge is 0.377 e. The van der Waals surface area contributed by atoms with Crippen molar-refractivity contribution in [3.63, 3.8) is 0 Å². The second kappa shape index (κ2) is 8.37. The van der Waals surface area contributed by atoms with Crippen molar-refractivity contribution in [3.05, 3.63) is 83.0 Å². The molecular formula is C21H21ClN4O. The number of hydrogen-bond donors (Lipinski definition) is 1. The van der Waals surface area contributed by atoms with E-state index in [4.69, 9.17) is 21.3 Å². The van der Waals surface area contributed by atoms with Crippen LogP contribution in [0.5, 0.6) is 0 Å². The van der Waals surface area contributed by atoms with E-state index in [-0.39, 0.29) is 6.04 Å². The molecule has 4 rings (SSSR count). The van der Waals surface area contributed by atoms with Crippen LogP contribution < -0.4 is 10.2 Å². The molecule has 27 heavy (non-hydrogen) atoms. The number of rotatable bonds is 5. The minimum atomic E-state index is 0.152. The number of ether oxygens (including phenoxy) is 1. The molecule has 1 N–H and O–H groups in total. The molecule has 0 amide bonds. The van der Waals surface area contributed by atoms with Crippen molar-refractivity contribution < 1.29 is 4.74 Å². The van der Waals surface area contributed by atoms with Gasteiger partial charge in [0.05, 0.1) is 19.3 Å². The highest BCUT2D eigenvalue weighted by molar-refractivity contribution is 6.30. The lowest BCUT2D eigenvalue weighted by atomic mass is 10.1. The Bertz CT molecular complexity index is 873. The molecule has 1 atom stereocenters. The third-order valence-electron chi connectivity index (χ3n) is 4.61. The van der Waals surface area contributed by atoms with Crippen molar-refractivity contribution in [2.45, 2.75) is 12.6 Å².